The number of nitrogens with one attached hydrogen (secondary N) is 1. The topological polar surface area (TPSA) is 41.1 Å². The lowest BCUT2D eigenvalue weighted by Gasteiger charge is -2.23. The highest BCUT2D eigenvalue weighted by Crippen LogP contribution is 2.29. The molecule has 2 heterocycles. The number of hydrogen-bond acceptors (Lipinski definition) is 4. The predicted octanol–water partition coefficient (Wildman–Crippen LogP) is 5.72. The van der Waals surface area contributed by atoms with Crippen molar-refractivity contribution in [3.8, 4) is 0 Å². The van der Waals surface area contributed by atoms with Crippen molar-refractivity contribution in [3.05, 3.63) is 53.1 Å². The zero-order chi connectivity index (χ0) is 17.9. The highest BCUT2D eigenvalue weighted by Gasteiger charge is 2.16. The fourth-order valence-corrected chi connectivity index (χ4v) is 3.75. The van der Waals surface area contributed by atoms with Gasteiger partial charge in [0.05, 0.1) is 5.52 Å². The molecule has 26 heavy (non-hydrogen) atoms. The smallest absolute Gasteiger partial charge is 0.229 e. The number of hydrogen-bond donors (Lipinski definition) is 1. The standard InChI is InChI=1S/C21H23ClN4/c1-15-14-16(22)10-11-18(15)23-21-24-19-9-5-4-8-17(19)20(25-21)26-12-6-2-3-7-13-26/h4-5,8-11,14H,2-3,6-7,12-13H2,1H3,(H,23,24,25). The number of aryl methyl sites for hydroxylation is 1. The van der Waals surface area contributed by atoms with Crippen LogP contribution >= 0.6 is 11.6 Å². The average molecular weight is 367 g/mol. The summed E-state index contributed by atoms with van der Waals surface area (Å²) in [6.07, 6.45) is 5.04. The Labute approximate surface area is 159 Å². The van der Waals surface area contributed by atoms with Crippen molar-refractivity contribution in [2.45, 2.75) is 32.6 Å². The normalized spacial score (nSPS) is 15.1. The largest absolute Gasteiger partial charge is 0.356 e. The molecule has 1 fully saturated rings. The summed E-state index contributed by atoms with van der Waals surface area (Å²) in [5, 5.41) is 5.23. The number of fused-ring (bicyclic) bond motifs is 1. The molecule has 0 radical (unpaired) electrons. The quantitative estimate of drug-likeness (QED) is 0.644. The van der Waals surface area contributed by atoms with Gasteiger partial charge in [0.25, 0.3) is 0 Å². The van der Waals surface area contributed by atoms with Crippen LogP contribution in [0.25, 0.3) is 10.9 Å². The minimum Gasteiger partial charge on any atom is -0.356 e. The summed E-state index contributed by atoms with van der Waals surface area (Å²) in [5.74, 6) is 1.67. The van der Waals surface area contributed by atoms with Crippen LogP contribution in [0, 0.1) is 6.92 Å². The Balaban J connectivity index is 1.75. The van der Waals surface area contributed by atoms with E-state index in [-0.39, 0.29) is 0 Å². The molecule has 1 aliphatic rings. The lowest BCUT2D eigenvalue weighted by molar-refractivity contribution is 0.726. The van der Waals surface area contributed by atoms with E-state index >= 15 is 0 Å². The first-order chi connectivity index (χ1) is 12.7. The molecule has 1 saturated heterocycles. The molecule has 0 unspecified atom stereocenters. The highest BCUT2D eigenvalue weighted by molar-refractivity contribution is 6.30. The van der Waals surface area contributed by atoms with Gasteiger partial charge in [0.1, 0.15) is 5.82 Å². The second kappa shape index (κ2) is 7.50. The molecule has 5 heteroatoms. The summed E-state index contributed by atoms with van der Waals surface area (Å²) in [4.78, 5) is 12.0. The number of aromatic nitrogens is 2. The Hall–Kier alpha value is -2.33. The van der Waals surface area contributed by atoms with Gasteiger partial charge in [-0.2, -0.15) is 4.98 Å². The molecule has 2 aromatic carbocycles. The molecular weight excluding hydrogens is 344 g/mol. The summed E-state index contributed by atoms with van der Waals surface area (Å²) in [6, 6.07) is 14.1. The number of para-hydroxylation sites is 1. The predicted molar refractivity (Wildman–Crippen MR) is 110 cm³/mol. The molecule has 4 nitrogen and oxygen atoms in total. The molecule has 0 bridgehead atoms. The van der Waals surface area contributed by atoms with E-state index < -0.39 is 0 Å². The Kier molecular flexibility index (Phi) is 4.93. The van der Waals surface area contributed by atoms with Gasteiger partial charge in [-0.3, -0.25) is 0 Å². The highest BCUT2D eigenvalue weighted by atomic mass is 35.5. The van der Waals surface area contributed by atoms with Crippen LogP contribution in [0.2, 0.25) is 5.02 Å². The van der Waals surface area contributed by atoms with Crippen LogP contribution in [-0.2, 0) is 0 Å². The number of anilines is 3. The van der Waals surface area contributed by atoms with E-state index in [4.69, 9.17) is 21.6 Å². The zero-order valence-corrected chi connectivity index (χ0v) is 15.8. The summed E-state index contributed by atoms with van der Waals surface area (Å²) < 4.78 is 0. The first-order valence-corrected chi connectivity index (χ1v) is 9.63. The van der Waals surface area contributed by atoms with E-state index in [0.717, 1.165) is 46.1 Å². The van der Waals surface area contributed by atoms with Crippen LogP contribution in [0.3, 0.4) is 0 Å². The SMILES string of the molecule is Cc1cc(Cl)ccc1Nc1nc(N2CCCCCC2)c2ccccc2n1. The second-order valence-electron chi connectivity index (χ2n) is 6.87. The van der Waals surface area contributed by atoms with Crippen molar-refractivity contribution in [3.63, 3.8) is 0 Å². The number of nitrogens with zero attached hydrogens (tertiary/aromatic N) is 3. The molecule has 0 saturated carbocycles. The summed E-state index contributed by atoms with van der Waals surface area (Å²) in [5.41, 5.74) is 3.02. The number of benzene rings is 2. The second-order valence-corrected chi connectivity index (χ2v) is 7.31. The molecule has 1 aliphatic heterocycles. The maximum Gasteiger partial charge on any atom is 0.229 e. The first kappa shape index (κ1) is 17.1. The minimum atomic E-state index is 0.633. The third-order valence-electron chi connectivity index (χ3n) is 4.92. The lowest BCUT2D eigenvalue weighted by Crippen LogP contribution is -2.25. The van der Waals surface area contributed by atoms with E-state index in [1.807, 2.05) is 31.2 Å². The van der Waals surface area contributed by atoms with E-state index in [2.05, 4.69) is 28.4 Å². The molecule has 0 spiro atoms. The third kappa shape index (κ3) is 3.61. The van der Waals surface area contributed by atoms with Crippen LogP contribution < -0.4 is 10.2 Å². The van der Waals surface area contributed by atoms with Crippen LogP contribution in [-0.4, -0.2) is 23.1 Å². The molecule has 1 N–H and O–H groups in total. The van der Waals surface area contributed by atoms with Gasteiger partial charge in [-0.1, -0.05) is 36.6 Å². The molecule has 1 aromatic heterocycles. The van der Waals surface area contributed by atoms with Gasteiger partial charge >= 0.3 is 0 Å². The number of halogens is 1. The molecule has 0 amide bonds. The Morgan fingerprint density at radius 1 is 0.962 bits per heavy atom. The van der Waals surface area contributed by atoms with Crippen molar-refractivity contribution in [2.24, 2.45) is 0 Å². The maximum absolute atomic E-state index is 6.07. The minimum absolute atomic E-state index is 0.633. The maximum atomic E-state index is 6.07. The van der Waals surface area contributed by atoms with Crippen molar-refractivity contribution in [2.75, 3.05) is 23.3 Å². The third-order valence-corrected chi connectivity index (χ3v) is 5.16. The van der Waals surface area contributed by atoms with Crippen LogP contribution in [0.1, 0.15) is 31.2 Å². The van der Waals surface area contributed by atoms with Gasteiger partial charge in [0, 0.05) is 29.2 Å². The molecule has 0 aliphatic carbocycles. The van der Waals surface area contributed by atoms with Gasteiger partial charge in [-0.05, 0) is 55.7 Å². The first-order valence-electron chi connectivity index (χ1n) is 9.25. The van der Waals surface area contributed by atoms with Crippen molar-refractivity contribution >= 4 is 40.0 Å². The van der Waals surface area contributed by atoms with E-state index in [1.165, 1.54) is 25.7 Å². The fourth-order valence-electron chi connectivity index (χ4n) is 3.53. The van der Waals surface area contributed by atoms with E-state index in [1.54, 1.807) is 0 Å². The summed E-state index contributed by atoms with van der Waals surface area (Å²) in [7, 11) is 0. The van der Waals surface area contributed by atoms with Gasteiger partial charge < -0.3 is 10.2 Å². The van der Waals surface area contributed by atoms with Crippen LogP contribution in [0.5, 0.6) is 0 Å². The monoisotopic (exact) mass is 366 g/mol. The molecule has 0 atom stereocenters. The van der Waals surface area contributed by atoms with Gasteiger partial charge in [-0.25, -0.2) is 4.98 Å². The Bertz CT molecular complexity index is 917. The zero-order valence-electron chi connectivity index (χ0n) is 15.0. The molecule has 134 valence electrons. The molecular formula is C21H23ClN4. The van der Waals surface area contributed by atoms with Gasteiger partial charge in [0.2, 0.25) is 5.95 Å². The molecule has 3 aromatic rings. The number of rotatable bonds is 3. The summed E-state index contributed by atoms with van der Waals surface area (Å²) >= 11 is 6.07. The van der Waals surface area contributed by atoms with Crippen LogP contribution in [0.15, 0.2) is 42.5 Å². The van der Waals surface area contributed by atoms with Crippen LogP contribution in [0.4, 0.5) is 17.5 Å². The van der Waals surface area contributed by atoms with Crippen molar-refractivity contribution < 1.29 is 0 Å². The van der Waals surface area contributed by atoms with Gasteiger partial charge in [0.15, 0.2) is 0 Å². The Morgan fingerprint density at radius 3 is 2.50 bits per heavy atom. The average Bonchev–Trinajstić information content (AvgIpc) is 2.93. The Morgan fingerprint density at radius 2 is 1.73 bits per heavy atom. The summed E-state index contributed by atoms with van der Waals surface area (Å²) in [6.45, 7) is 4.14. The lowest BCUT2D eigenvalue weighted by atomic mass is 10.2. The van der Waals surface area contributed by atoms with Crippen molar-refractivity contribution in [1.82, 2.24) is 9.97 Å². The fraction of sp³-hybridized carbons (Fsp3) is 0.333. The molecule has 4 rings (SSSR count). The van der Waals surface area contributed by atoms with E-state index in [9.17, 15) is 0 Å². The van der Waals surface area contributed by atoms with Crippen molar-refractivity contribution in [1.29, 1.82) is 0 Å². The van der Waals surface area contributed by atoms with E-state index in [0.29, 0.717) is 5.95 Å². The van der Waals surface area contributed by atoms with Gasteiger partial charge in [-0.15, -0.1) is 0 Å².